The predicted octanol–water partition coefficient (Wildman–Crippen LogP) is 7.15. The molecule has 10 heteroatoms. The number of rotatable bonds is 12. The van der Waals surface area contributed by atoms with Gasteiger partial charge in [0.2, 0.25) is 0 Å². The minimum atomic E-state index is -1.22. The van der Waals surface area contributed by atoms with Gasteiger partial charge in [-0.25, -0.2) is 14.1 Å². The van der Waals surface area contributed by atoms with E-state index in [9.17, 15) is 4.39 Å². The summed E-state index contributed by atoms with van der Waals surface area (Å²) in [5, 5.41) is 8.13. The van der Waals surface area contributed by atoms with Crippen molar-refractivity contribution in [1.29, 1.82) is 0 Å². The summed E-state index contributed by atoms with van der Waals surface area (Å²) in [6, 6.07) is 5.58. The van der Waals surface area contributed by atoms with Crippen molar-refractivity contribution in [1.82, 2.24) is 19.3 Å². The summed E-state index contributed by atoms with van der Waals surface area (Å²) in [5.41, 5.74) is 5.77. The molecular formula is C29H46FN5O2Si2. The van der Waals surface area contributed by atoms with E-state index in [2.05, 4.69) is 60.8 Å². The summed E-state index contributed by atoms with van der Waals surface area (Å²) < 4.78 is 31.3. The number of hydrogen-bond acceptors (Lipinski definition) is 5. The Bertz CT molecular complexity index is 1350. The van der Waals surface area contributed by atoms with Gasteiger partial charge in [0, 0.05) is 53.7 Å². The molecule has 2 heterocycles. The zero-order valence-corrected chi connectivity index (χ0v) is 27.1. The molecule has 3 aromatic rings. The van der Waals surface area contributed by atoms with Crippen LogP contribution >= 0.6 is 0 Å². The maximum absolute atomic E-state index is 14.8. The van der Waals surface area contributed by atoms with E-state index in [1.807, 2.05) is 6.07 Å². The average Bonchev–Trinajstić information content (AvgIpc) is 3.34. The van der Waals surface area contributed by atoms with Gasteiger partial charge in [-0.3, -0.25) is 4.57 Å². The van der Waals surface area contributed by atoms with Crippen LogP contribution in [0.2, 0.25) is 51.4 Å². The van der Waals surface area contributed by atoms with Gasteiger partial charge in [-0.1, -0.05) is 46.2 Å². The highest BCUT2D eigenvalue weighted by molar-refractivity contribution is 6.76. The lowest BCUT2D eigenvalue weighted by Gasteiger charge is -2.50. The van der Waals surface area contributed by atoms with Gasteiger partial charge in [-0.2, -0.15) is 5.10 Å². The molecule has 214 valence electrons. The molecular weight excluding hydrogens is 526 g/mol. The number of ether oxygens (including phenoxy) is 2. The van der Waals surface area contributed by atoms with Crippen LogP contribution in [-0.4, -0.2) is 55.7 Å². The smallest absolute Gasteiger partial charge is 0.163 e. The van der Waals surface area contributed by atoms with Gasteiger partial charge in [-0.15, -0.1) is 0 Å². The number of anilines is 1. The molecule has 1 saturated carbocycles. The summed E-state index contributed by atoms with van der Waals surface area (Å²) in [6.07, 6.45) is 3.37. The van der Waals surface area contributed by atoms with Crippen molar-refractivity contribution in [3.05, 3.63) is 29.2 Å². The minimum Gasteiger partial charge on any atom is -0.386 e. The first-order valence-corrected chi connectivity index (χ1v) is 21.8. The van der Waals surface area contributed by atoms with Crippen molar-refractivity contribution in [3.63, 3.8) is 0 Å². The monoisotopic (exact) mass is 571 g/mol. The maximum atomic E-state index is 14.8. The predicted molar refractivity (Wildman–Crippen MR) is 162 cm³/mol. The number of fused-ring (bicyclic) bond motifs is 1. The van der Waals surface area contributed by atoms with Gasteiger partial charge >= 0.3 is 0 Å². The Hall–Kier alpha value is -2.02. The molecule has 0 atom stereocenters. The van der Waals surface area contributed by atoms with Gasteiger partial charge in [-0.05, 0) is 48.7 Å². The number of halogens is 1. The second-order valence-corrected chi connectivity index (χ2v) is 25.7. The van der Waals surface area contributed by atoms with E-state index in [0.717, 1.165) is 42.2 Å². The molecule has 1 fully saturated rings. The lowest BCUT2D eigenvalue weighted by atomic mass is 9.54. The molecule has 0 radical (unpaired) electrons. The number of hydrogen-bond donors (Lipinski definition) is 1. The summed E-state index contributed by atoms with van der Waals surface area (Å²) in [4.78, 5) is 4.98. The van der Waals surface area contributed by atoms with Gasteiger partial charge in [0.1, 0.15) is 25.0 Å². The Morgan fingerprint density at radius 3 is 2.28 bits per heavy atom. The summed E-state index contributed by atoms with van der Waals surface area (Å²) in [5.74, 6) is 0.937. The van der Waals surface area contributed by atoms with Crippen LogP contribution in [0.3, 0.4) is 0 Å². The molecule has 1 aromatic carbocycles. The molecule has 1 N–H and O–H groups in total. The van der Waals surface area contributed by atoms with Gasteiger partial charge in [0.25, 0.3) is 0 Å². The molecule has 2 bridgehead atoms. The van der Waals surface area contributed by atoms with Crippen LogP contribution in [0, 0.1) is 11.2 Å². The van der Waals surface area contributed by atoms with Crippen molar-refractivity contribution in [2.24, 2.45) is 5.41 Å². The van der Waals surface area contributed by atoms with Gasteiger partial charge in [0.15, 0.2) is 5.82 Å². The highest BCUT2D eigenvalue weighted by Crippen LogP contribution is 2.59. The lowest BCUT2D eigenvalue weighted by Crippen LogP contribution is -2.41. The molecule has 0 aliphatic heterocycles. The zero-order valence-electron chi connectivity index (χ0n) is 25.1. The van der Waals surface area contributed by atoms with Crippen molar-refractivity contribution < 1.29 is 13.9 Å². The van der Waals surface area contributed by atoms with Crippen LogP contribution in [0.15, 0.2) is 12.1 Å². The maximum Gasteiger partial charge on any atom is 0.163 e. The summed E-state index contributed by atoms with van der Waals surface area (Å²) in [7, 11) is -0.654. The molecule has 6 rings (SSSR count). The molecule has 3 aliphatic rings. The Morgan fingerprint density at radius 2 is 1.67 bits per heavy atom. The summed E-state index contributed by atoms with van der Waals surface area (Å²) in [6.45, 7) is 18.9. The molecule has 0 spiro atoms. The normalized spacial score (nSPS) is 20.8. The van der Waals surface area contributed by atoms with Gasteiger partial charge < -0.3 is 14.8 Å². The van der Waals surface area contributed by atoms with Gasteiger partial charge in [0.05, 0.1) is 16.7 Å². The van der Waals surface area contributed by atoms with E-state index in [1.54, 1.807) is 7.05 Å². The molecule has 2 aromatic heterocycles. The fourth-order valence-electron chi connectivity index (χ4n) is 5.99. The topological polar surface area (TPSA) is 66.1 Å². The van der Waals surface area contributed by atoms with Crippen LogP contribution in [-0.2, 0) is 29.4 Å². The highest BCUT2D eigenvalue weighted by atomic mass is 28.3. The third kappa shape index (κ3) is 6.03. The van der Waals surface area contributed by atoms with Crippen molar-refractivity contribution >= 4 is 32.9 Å². The van der Waals surface area contributed by atoms with E-state index >= 15 is 0 Å². The molecule has 0 amide bonds. The first-order chi connectivity index (χ1) is 18.3. The molecule has 39 heavy (non-hydrogen) atoms. The second kappa shape index (κ2) is 10.4. The standard InChI is InChI=1S/C29H46FN5O2Si2/c1-29-15-20(16-29)26-25(17-29)35(19-37-10-12-39(6,7)8)33-27(26)28-32-23-13-21(30)22(31-2)14-24(23)34(28)18-36-9-11-38(3,4)5/h13-14,20,31H,9-12,15-19H2,1-8H3/t20-,29+. The second-order valence-electron chi connectivity index (χ2n) is 14.4. The third-order valence-electron chi connectivity index (χ3n) is 8.32. The van der Waals surface area contributed by atoms with E-state index in [0.29, 0.717) is 42.6 Å². The minimum absolute atomic E-state index is 0.307. The Morgan fingerprint density at radius 1 is 1.03 bits per heavy atom. The first kappa shape index (κ1) is 28.5. The molecule has 0 unspecified atom stereocenters. The largest absolute Gasteiger partial charge is 0.386 e. The Labute approximate surface area is 234 Å². The fraction of sp³-hybridized carbons (Fsp3) is 0.655. The number of nitrogens with one attached hydrogen (secondary N) is 1. The molecule has 0 saturated heterocycles. The third-order valence-corrected chi connectivity index (χ3v) is 11.7. The van der Waals surface area contributed by atoms with E-state index in [1.165, 1.54) is 30.2 Å². The SMILES string of the molecule is CNc1cc2c(cc1F)nc(-c1nn(COCC[Si](C)(C)C)c3c1[C@H]1C[C@@](C)(C3)C1)n2COCC[Si](C)(C)C. The fourth-order valence-corrected chi connectivity index (χ4v) is 7.51. The Balaban J connectivity index is 1.53. The number of aromatic nitrogens is 4. The van der Waals surface area contributed by atoms with E-state index in [4.69, 9.17) is 19.6 Å². The quantitative estimate of drug-likeness (QED) is 0.185. The van der Waals surface area contributed by atoms with Crippen molar-refractivity contribution in [2.75, 3.05) is 25.6 Å². The lowest BCUT2D eigenvalue weighted by molar-refractivity contribution is 0.0639. The van der Waals surface area contributed by atoms with E-state index < -0.39 is 16.1 Å². The summed E-state index contributed by atoms with van der Waals surface area (Å²) >= 11 is 0. The van der Waals surface area contributed by atoms with Crippen LogP contribution in [0.5, 0.6) is 0 Å². The number of benzene rings is 1. The Kier molecular flexibility index (Phi) is 7.62. The number of nitrogens with zero attached hydrogens (tertiary/aromatic N) is 4. The first-order valence-electron chi connectivity index (χ1n) is 14.4. The number of imidazole rings is 1. The van der Waals surface area contributed by atoms with Crippen LogP contribution < -0.4 is 5.32 Å². The average molecular weight is 572 g/mol. The molecule has 3 aliphatic carbocycles. The van der Waals surface area contributed by atoms with Crippen LogP contribution in [0.1, 0.15) is 36.9 Å². The highest BCUT2D eigenvalue weighted by Gasteiger charge is 2.50. The van der Waals surface area contributed by atoms with Crippen molar-refractivity contribution in [2.45, 2.75) is 96.9 Å². The van der Waals surface area contributed by atoms with Crippen molar-refractivity contribution in [3.8, 4) is 11.5 Å². The van der Waals surface area contributed by atoms with E-state index in [-0.39, 0.29) is 5.82 Å². The van der Waals surface area contributed by atoms with Crippen LogP contribution in [0.4, 0.5) is 10.1 Å². The molecule has 7 nitrogen and oxygen atoms in total. The van der Waals surface area contributed by atoms with Crippen LogP contribution in [0.25, 0.3) is 22.6 Å². The zero-order chi connectivity index (χ0) is 28.2.